The van der Waals surface area contributed by atoms with Crippen LogP contribution in [-0.2, 0) is 0 Å². The normalized spacial score (nSPS) is 20.5. The third-order valence-corrected chi connectivity index (χ3v) is 12.2. The van der Waals surface area contributed by atoms with Gasteiger partial charge >= 0.3 is 0 Å². The fraction of sp³-hybridized carbons (Fsp3) is 0.234. The molecular formula is C47H44N6. The third kappa shape index (κ3) is 4.44. The summed E-state index contributed by atoms with van der Waals surface area (Å²) >= 11 is 0. The van der Waals surface area contributed by atoms with Crippen LogP contribution in [0.1, 0.15) is 69.7 Å². The Labute approximate surface area is 312 Å². The molecule has 10 rings (SSSR count). The Kier molecular flexibility index (Phi) is 7.26. The molecular weight excluding hydrogens is 649 g/mol. The Morgan fingerprint density at radius 3 is 1.74 bits per heavy atom. The number of benzene rings is 5. The van der Waals surface area contributed by atoms with Crippen molar-refractivity contribution in [1.29, 1.82) is 0 Å². The van der Waals surface area contributed by atoms with Gasteiger partial charge in [0.25, 0.3) is 0 Å². The Morgan fingerprint density at radius 2 is 1.11 bits per heavy atom. The van der Waals surface area contributed by atoms with Gasteiger partial charge in [-0.05, 0) is 78.4 Å². The van der Waals surface area contributed by atoms with E-state index in [1.54, 1.807) is 0 Å². The summed E-state index contributed by atoms with van der Waals surface area (Å²) in [5.74, 6) is 2.14. The quantitative estimate of drug-likeness (QED) is 0.179. The first-order chi connectivity index (χ1) is 26.1. The fourth-order valence-electron chi connectivity index (χ4n) is 9.81. The predicted octanol–water partition coefficient (Wildman–Crippen LogP) is 12.0. The van der Waals surface area contributed by atoms with Crippen LogP contribution in [0.5, 0.6) is 0 Å². The maximum absolute atomic E-state index is 5.42. The first-order valence-corrected chi connectivity index (χ1v) is 19.2. The lowest BCUT2D eigenvalue weighted by Crippen LogP contribution is -2.55. The molecule has 0 saturated carbocycles. The van der Waals surface area contributed by atoms with Gasteiger partial charge in [0.15, 0.2) is 11.6 Å². The number of hydrogen-bond donors (Lipinski definition) is 0. The maximum atomic E-state index is 5.42. The summed E-state index contributed by atoms with van der Waals surface area (Å²) in [5, 5.41) is 0. The van der Waals surface area contributed by atoms with Crippen LogP contribution in [0.4, 0.5) is 45.8 Å². The van der Waals surface area contributed by atoms with E-state index in [-0.39, 0.29) is 23.7 Å². The zero-order valence-corrected chi connectivity index (χ0v) is 30.8. The van der Waals surface area contributed by atoms with Crippen LogP contribution in [-0.4, -0.2) is 22.3 Å². The summed E-state index contributed by atoms with van der Waals surface area (Å²) in [6, 6.07) is 48.9. The van der Waals surface area contributed by atoms with Crippen molar-refractivity contribution in [1.82, 2.24) is 9.97 Å². The highest BCUT2D eigenvalue weighted by Gasteiger charge is 2.58. The summed E-state index contributed by atoms with van der Waals surface area (Å²) in [7, 11) is 0. The molecule has 1 aromatic heterocycles. The van der Waals surface area contributed by atoms with Gasteiger partial charge < -0.3 is 19.6 Å². The fourth-order valence-corrected chi connectivity index (χ4v) is 9.81. The molecule has 0 fully saturated rings. The molecule has 0 N–H and O–H groups in total. The lowest BCUT2D eigenvalue weighted by molar-refractivity contribution is 0.294. The summed E-state index contributed by atoms with van der Waals surface area (Å²) in [6.45, 7) is 9.20. The zero-order valence-electron chi connectivity index (χ0n) is 30.8. The number of fused-ring (bicyclic) bond motifs is 10. The van der Waals surface area contributed by atoms with Gasteiger partial charge in [-0.2, -0.15) is 0 Å². The molecule has 2 unspecified atom stereocenters. The molecule has 0 aliphatic carbocycles. The largest absolute Gasteiger partial charge is 0.318 e. The van der Waals surface area contributed by atoms with Gasteiger partial charge in [-0.3, -0.25) is 0 Å². The van der Waals surface area contributed by atoms with E-state index in [4.69, 9.17) is 9.97 Å². The van der Waals surface area contributed by atoms with E-state index in [1.807, 2.05) is 6.20 Å². The van der Waals surface area contributed by atoms with Crippen LogP contribution < -0.4 is 19.6 Å². The van der Waals surface area contributed by atoms with Crippen molar-refractivity contribution in [3.05, 3.63) is 156 Å². The topological polar surface area (TPSA) is 38.7 Å². The molecule has 5 aromatic carbocycles. The van der Waals surface area contributed by atoms with Crippen molar-refractivity contribution in [3.8, 4) is 0 Å². The number of nitrogens with zero attached hydrogens (tertiary/aromatic N) is 6. The second-order valence-corrected chi connectivity index (χ2v) is 15.0. The number of anilines is 8. The lowest BCUT2D eigenvalue weighted by atomic mass is 9.64. The van der Waals surface area contributed by atoms with Crippen molar-refractivity contribution in [2.75, 3.05) is 19.6 Å². The molecule has 0 spiro atoms. The number of rotatable bonds is 5. The van der Waals surface area contributed by atoms with E-state index >= 15 is 0 Å². The van der Waals surface area contributed by atoms with Crippen molar-refractivity contribution >= 4 is 56.9 Å². The number of para-hydroxylation sites is 6. The third-order valence-electron chi connectivity index (χ3n) is 12.2. The highest BCUT2D eigenvalue weighted by atomic mass is 15.5. The number of aromatic nitrogens is 2. The molecule has 262 valence electrons. The van der Waals surface area contributed by atoms with E-state index in [1.165, 1.54) is 50.7 Å². The van der Waals surface area contributed by atoms with Crippen LogP contribution in [0.25, 0.3) is 11.1 Å². The van der Waals surface area contributed by atoms with Gasteiger partial charge in [0.05, 0.1) is 34.6 Å². The molecule has 2 atom stereocenters. The van der Waals surface area contributed by atoms with Gasteiger partial charge in [0.1, 0.15) is 12.3 Å². The van der Waals surface area contributed by atoms with Crippen LogP contribution in [0.3, 0.4) is 0 Å². The van der Waals surface area contributed by atoms with Crippen LogP contribution in [0.15, 0.2) is 140 Å². The summed E-state index contributed by atoms with van der Waals surface area (Å²) in [5.41, 5.74) is 13.5. The smallest absolute Gasteiger partial charge is 0.178 e. The molecule has 4 aliphatic heterocycles. The SMILES string of the molecule is CCC1(CC)C(=C2CC3N(c4ccccc4)c4ccccc4N3c3ccccc32)c2ccccc2N2c3ncc(C(C)C)nc3N(c3ccccc3)C21. The van der Waals surface area contributed by atoms with Gasteiger partial charge in [0.2, 0.25) is 0 Å². The van der Waals surface area contributed by atoms with Gasteiger partial charge in [-0.15, -0.1) is 0 Å². The van der Waals surface area contributed by atoms with Crippen molar-refractivity contribution in [3.63, 3.8) is 0 Å². The van der Waals surface area contributed by atoms with Crippen LogP contribution >= 0.6 is 0 Å². The van der Waals surface area contributed by atoms with Gasteiger partial charge in [-0.25, -0.2) is 9.97 Å². The van der Waals surface area contributed by atoms with Crippen LogP contribution in [0.2, 0.25) is 0 Å². The minimum Gasteiger partial charge on any atom is -0.318 e. The van der Waals surface area contributed by atoms with Crippen molar-refractivity contribution < 1.29 is 0 Å². The molecule has 0 amide bonds. The van der Waals surface area contributed by atoms with E-state index in [2.05, 4.69) is 181 Å². The molecule has 6 aromatic rings. The molecule has 5 heterocycles. The van der Waals surface area contributed by atoms with E-state index in [0.717, 1.165) is 42.3 Å². The Balaban J connectivity index is 1.27. The maximum Gasteiger partial charge on any atom is 0.178 e. The first-order valence-electron chi connectivity index (χ1n) is 19.2. The average molecular weight is 693 g/mol. The molecule has 6 heteroatoms. The average Bonchev–Trinajstić information content (AvgIpc) is 3.74. The Hall–Kier alpha value is -5.88. The first kappa shape index (κ1) is 31.8. The molecule has 6 nitrogen and oxygen atoms in total. The lowest BCUT2D eigenvalue weighted by Gasteiger charge is -2.53. The van der Waals surface area contributed by atoms with E-state index < -0.39 is 0 Å². The van der Waals surface area contributed by atoms with Gasteiger partial charge in [-0.1, -0.05) is 113 Å². The standard InChI is InChI=1S/C47H44N6/c1-5-47(6-2)43(36-29-42-50(32-19-9-7-10-20-32)40-27-17-18-28-41(40)52(42)38-25-15-13-23-34(36)38)35-24-14-16-26-39(35)53-44-45(49-37(30-48-44)31(3)4)51(46(47)53)33-21-11-8-12-22-33/h7-28,30-31,42,46H,5-6,29H2,1-4H3. The molecule has 53 heavy (non-hydrogen) atoms. The summed E-state index contributed by atoms with van der Waals surface area (Å²) < 4.78 is 0. The highest BCUT2D eigenvalue weighted by molar-refractivity contribution is 6.07. The Bertz CT molecular complexity index is 2380. The Morgan fingerprint density at radius 1 is 0.585 bits per heavy atom. The zero-order chi connectivity index (χ0) is 35.8. The molecule has 0 saturated heterocycles. The number of hydrogen-bond acceptors (Lipinski definition) is 6. The molecule has 0 bridgehead atoms. The summed E-state index contributed by atoms with van der Waals surface area (Å²) in [6.07, 6.45) is 4.77. The van der Waals surface area contributed by atoms with E-state index in [0.29, 0.717) is 0 Å². The second-order valence-electron chi connectivity index (χ2n) is 15.0. The van der Waals surface area contributed by atoms with Crippen molar-refractivity contribution in [2.45, 2.75) is 65.2 Å². The second kappa shape index (κ2) is 12.1. The van der Waals surface area contributed by atoms with Crippen LogP contribution in [0, 0.1) is 5.41 Å². The molecule has 4 aliphatic rings. The molecule has 0 radical (unpaired) electrons. The van der Waals surface area contributed by atoms with Gasteiger partial charge in [0, 0.05) is 34.3 Å². The minimum atomic E-state index is -0.280. The van der Waals surface area contributed by atoms with E-state index in [9.17, 15) is 0 Å². The van der Waals surface area contributed by atoms with Crippen molar-refractivity contribution in [2.24, 2.45) is 5.41 Å². The minimum absolute atomic E-state index is 0.0640. The predicted molar refractivity (Wildman–Crippen MR) is 219 cm³/mol. The summed E-state index contributed by atoms with van der Waals surface area (Å²) in [4.78, 5) is 20.9. The monoisotopic (exact) mass is 692 g/mol. The highest BCUT2D eigenvalue weighted by Crippen LogP contribution is 2.65.